The highest BCUT2D eigenvalue weighted by Gasteiger charge is 2.36. The average Bonchev–Trinajstić information content (AvgIpc) is 3.03. The fourth-order valence-electron chi connectivity index (χ4n) is 3.53. The van der Waals surface area contributed by atoms with Crippen LogP contribution in [0.2, 0.25) is 0 Å². The summed E-state index contributed by atoms with van der Waals surface area (Å²) in [7, 11) is 1.60. The maximum Gasteiger partial charge on any atom is 0.229 e. The summed E-state index contributed by atoms with van der Waals surface area (Å²) in [5.41, 5.74) is 3.85. The second-order valence-corrected chi connectivity index (χ2v) is 7.29. The lowest BCUT2D eigenvalue weighted by atomic mass is 9.97. The molecule has 3 rings (SSSR count). The van der Waals surface area contributed by atoms with Gasteiger partial charge in [-0.2, -0.15) is 0 Å². The van der Waals surface area contributed by atoms with Crippen LogP contribution in [0.1, 0.15) is 37.3 Å². The molecule has 1 unspecified atom stereocenters. The molecule has 1 aliphatic rings. The number of hydrogen-bond acceptors (Lipinski definition) is 3. The number of amides is 2. The SMILES string of the molecule is COc1ccc(NC(=O)C2CC(=O)N(c3c(C)cccc3C(C)C)C2)cc1. The molecule has 2 amide bonds. The highest BCUT2D eigenvalue weighted by atomic mass is 16.5. The first-order valence-electron chi connectivity index (χ1n) is 9.25. The largest absolute Gasteiger partial charge is 0.497 e. The van der Waals surface area contributed by atoms with Crippen molar-refractivity contribution in [2.45, 2.75) is 33.1 Å². The minimum atomic E-state index is -0.362. The van der Waals surface area contributed by atoms with E-state index in [0.29, 0.717) is 18.2 Å². The van der Waals surface area contributed by atoms with Crippen LogP contribution in [0.4, 0.5) is 11.4 Å². The number of hydrogen-bond donors (Lipinski definition) is 1. The molecule has 0 aromatic heterocycles. The molecule has 1 fully saturated rings. The van der Waals surface area contributed by atoms with Crippen LogP contribution >= 0.6 is 0 Å². The van der Waals surface area contributed by atoms with Gasteiger partial charge >= 0.3 is 0 Å². The Kier molecular flexibility index (Phi) is 5.49. The first-order chi connectivity index (χ1) is 12.9. The molecule has 0 radical (unpaired) electrons. The first kappa shape index (κ1) is 19.0. The summed E-state index contributed by atoms with van der Waals surface area (Å²) in [5, 5.41) is 2.91. The van der Waals surface area contributed by atoms with Crippen molar-refractivity contribution in [3.8, 4) is 5.75 Å². The Morgan fingerprint density at radius 2 is 1.89 bits per heavy atom. The number of ether oxygens (including phenoxy) is 1. The van der Waals surface area contributed by atoms with E-state index in [-0.39, 0.29) is 24.2 Å². The highest BCUT2D eigenvalue weighted by Crippen LogP contribution is 2.35. The van der Waals surface area contributed by atoms with Crippen molar-refractivity contribution in [1.29, 1.82) is 0 Å². The lowest BCUT2D eigenvalue weighted by Gasteiger charge is -2.24. The number of carbonyl (C=O) groups is 2. The maximum atomic E-state index is 12.7. The quantitative estimate of drug-likeness (QED) is 0.866. The molecule has 1 aliphatic heterocycles. The van der Waals surface area contributed by atoms with Crippen molar-refractivity contribution in [2.24, 2.45) is 5.92 Å². The molecule has 5 heteroatoms. The second kappa shape index (κ2) is 7.82. The molecule has 142 valence electrons. The van der Waals surface area contributed by atoms with E-state index in [0.717, 1.165) is 22.6 Å². The summed E-state index contributed by atoms with van der Waals surface area (Å²) < 4.78 is 5.13. The molecule has 27 heavy (non-hydrogen) atoms. The van der Waals surface area contributed by atoms with E-state index in [1.807, 2.05) is 19.1 Å². The molecule has 1 atom stereocenters. The Bertz CT molecular complexity index is 843. The zero-order chi connectivity index (χ0) is 19.6. The number of methoxy groups -OCH3 is 1. The van der Waals surface area contributed by atoms with E-state index in [1.54, 1.807) is 36.3 Å². The van der Waals surface area contributed by atoms with E-state index in [2.05, 4.69) is 25.2 Å². The van der Waals surface area contributed by atoms with Gasteiger partial charge in [0.25, 0.3) is 0 Å². The molecule has 2 aromatic carbocycles. The zero-order valence-corrected chi connectivity index (χ0v) is 16.3. The van der Waals surface area contributed by atoms with Crippen LogP contribution < -0.4 is 15.0 Å². The average molecular weight is 366 g/mol. The molecule has 0 spiro atoms. The summed E-state index contributed by atoms with van der Waals surface area (Å²) >= 11 is 0. The van der Waals surface area contributed by atoms with E-state index >= 15 is 0 Å². The van der Waals surface area contributed by atoms with Crippen LogP contribution in [0.5, 0.6) is 5.75 Å². The lowest BCUT2D eigenvalue weighted by molar-refractivity contribution is -0.122. The summed E-state index contributed by atoms with van der Waals surface area (Å²) in [6.45, 7) is 6.66. The third-order valence-corrected chi connectivity index (χ3v) is 5.01. The predicted molar refractivity (Wildman–Crippen MR) is 107 cm³/mol. The van der Waals surface area contributed by atoms with Crippen LogP contribution in [0.3, 0.4) is 0 Å². The van der Waals surface area contributed by atoms with Gasteiger partial charge in [0.15, 0.2) is 0 Å². The molecule has 0 bridgehead atoms. The number of aryl methyl sites for hydroxylation is 1. The summed E-state index contributed by atoms with van der Waals surface area (Å²) in [6, 6.07) is 13.3. The maximum absolute atomic E-state index is 12.7. The predicted octanol–water partition coefficient (Wildman–Crippen LogP) is 4.12. The summed E-state index contributed by atoms with van der Waals surface area (Å²) in [5.74, 6) is 0.548. The Morgan fingerprint density at radius 3 is 2.52 bits per heavy atom. The number of benzene rings is 2. The molecule has 1 heterocycles. The molecule has 0 aliphatic carbocycles. The molecule has 2 aromatic rings. The highest BCUT2D eigenvalue weighted by molar-refractivity contribution is 6.04. The van der Waals surface area contributed by atoms with Gasteiger partial charge in [0.05, 0.1) is 13.0 Å². The third-order valence-electron chi connectivity index (χ3n) is 5.01. The number of anilines is 2. The van der Waals surface area contributed by atoms with Gasteiger partial charge in [0, 0.05) is 24.3 Å². The number of carbonyl (C=O) groups excluding carboxylic acids is 2. The van der Waals surface area contributed by atoms with Crippen molar-refractivity contribution in [1.82, 2.24) is 0 Å². The number of nitrogens with one attached hydrogen (secondary N) is 1. The fraction of sp³-hybridized carbons (Fsp3) is 0.364. The van der Waals surface area contributed by atoms with E-state index < -0.39 is 0 Å². The van der Waals surface area contributed by atoms with Crippen molar-refractivity contribution in [3.63, 3.8) is 0 Å². The Morgan fingerprint density at radius 1 is 1.19 bits per heavy atom. The van der Waals surface area contributed by atoms with Crippen LogP contribution in [0.15, 0.2) is 42.5 Å². The zero-order valence-electron chi connectivity index (χ0n) is 16.3. The van der Waals surface area contributed by atoms with Gasteiger partial charge in [-0.05, 0) is 48.2 Å². The monoisotopic (exact) mass is 366 g/mol. The van der Waals surface area contributed by atoms with Crippen molar-refractivity contribution >= 4 is 23.2 Å². The van der Waals surface area contributed by atoms with Crippen LogP contribution in [-0.2, 0) is 9.59 Å². The number of nitrogens with zero attached hydrogens (tertiary/aromatic N) is 1. The van der Waals surface area contributed by atoms with Crippen LogP contribution in [0.25, 0.3) is 0 Å². The molecule has 0 saturated carbocycles. The Labute approximate surface area is 160 Å². The smallest absolute Gasteiger partial charge is 0.229 e. The first-order valence-corrected chi connectivity index (χ1v) is 9.25. The van der Waals surface area contributed by atoms with Crippen molar-refractivity contribution in [3.05, 3.63) is 53.6 Å². The second-order valence-electron chi connectivity index (χ2n) is 7.29. The molecule has 1 saturated heterocycles. The van der Waals surface area contributed by atoms with Gasteiger partial charge in [-0.25, -0.2) is 0 Å². The molecular formula is C22H26N2O3. The molecule has 5 nitrogen and oxygen atoms in total. The van der Waals surface area contributed by atoms with Crippen molar-refractivity contribution < 1.29 is 14.3 Å². The lowest BCUT2D eigenvalue weighted by Crippen LogP contribution is -2.29. The van der Waals surface area contributed by atoms with Gasteiger partial charge in [-0.1, -0.05) is 32.0 Å². The molecule has 1 N–H and O–H groups in total. The third kappa shape index (κ3) is 3.97. The fourth-order valence-corrected chi connectivity index (χ4v) is 3.53. The minimum absolute atomic E-state index is 0.00100. The molecular weight excluding hydrogens is 340 g/mol. The topological polar surface area (TPSA) is 58.6 Å². The van der Waals surface area contributed by atoms with Crippen LogP contribution in [0, 0.1) is 12.8 Å². The van der Waals surface area contributed by atoms with E-state index in [4.69, 9.17) is 4.74 Å². The Balaban J connectivity index is 1.76. The standard InChI is InChI=1S/C22H26N2O3/c1-14(2)19-7-5-6-15(3)21(19)24-13-16(12-20(24)25)22(26)23-17-8-10-18(27-4)11-9-17/h5-11,14,16H,12-13H2,1-4H3,(H,23,26). The van der Waals surface area contributed by atoms with E-state index in [1.165, 1.54) is 0 Å². The van der Waals surface area contributed by atoms with Gasteiger partial charge in [0.1, 0.15) is 5.75 Å². The van der Waals surface area contributed by atoms with Gasteiger partial charge in [-0.15, -0.1) is 0 Å². The van der Waals surface area contributed by atoms with Gasteiger partial charge < -0.3 is 15.0 Å². The van der Waals surface area contributed by atoms with E-state index in [9.17, 15) is 9.59 Å². The minimum Gasteiger partial charge on any atom is -0.497 e. The summed E-state index contributed by atoms with van der Waals surface area (Å²) in [4.78, 5) is 27.1. The summed E-state index contributed by atoms with van der Waals surface area (Å²) in [6.07, 6.45) is 0.230. The normalized spacial score (nSPS) is 16.7. The Hall–Kier alpha value is -2.82. The van der Waals surface area contributed by atoms with Crippen LogP contribution in [-0.4, -0.2) is 25.5 Å². The van der Waals surface area contributed by atoms with Gasteiger partial charge in [-0.3, -0.25) is 9.59 Å². The van der Waals surface area contributed by atoms with Crippen molar-refractivity contribution in [2.75, 3.05) is 23.9 Å². The number of rotatable bonds is 5. The number of para-hydroxylation sites is 1. The van der Waals surface area contributed by atoms with Gasteiger partial charge in [0.2, 0.25) is 11.8 Å².